The molecule has 96 valence electrons. The highest BCUT2D eigenvalue weighted by Gasteiger charge is 2.19. The van der Waals surface area contributed by atoms with E-state index in [1.807, 2.05) is 12.2 Å². The predicted molar refractivity (Wildman–Crippen MR) is 72.0 cm³/mol. The molecule has 4 heteroatoms. The van der Waals surface area contributed by atoms with Gasteiger partial charge in [0.1, 0.15) is 0 Å². The average molecular weight is 246 g/mol. The first-order valence-electron chi connectivity index (χ1n) is 6.53. The fourth-order valence-corrected chi connectivity index (χ4v) is 2.19. The zero-order chi connectivity index (χ0) is 12.8. The van der Waals surface area contributed by atoms with E-state index in [1.165, 1.54) is 5.57 Å². The van der Waals surface area contributed by atoms with Gasteiger partial charge < -0.3 is 5.11 Å². The molecule has 0 atom stereocenters. The van der Waals surface area contributed by atoms with Crippen molar-refractivity contribution in [2.75, 3.05) is 0 Å². The van der Waals surface area contributed by atoms with Crippen molar-refractivity contribution < 1.29 is 9.90 Å². The Morgan fingerprint density at radius 1 is 1.11 bits per heavy atom. The lowest BCUT2D eigenvalue weighted by Gasteiger charge is -2.02. The van der Waals surface area contributed by atoms with Crippen molar-refractivity contribution >= 4 is 17.4 Å². The number of aliphatic carboxylic acids is 1. The van der Waals surface area contributed by atoms with Gasteiger partial charge in [0, 0.05) is 12.0 Å². The Hall–Kier alpha value is -1.71. The number of rotatable bonds is 8. The van der Waals surface area contributed by atoms with Gasteiger partial charge in [-0.3, -0.25) is 4.79 Å². The van der Waals surface area contributed by atoms with Crippen LogP contribution in [0.3, 0.4) is 0 Å². The molecule has 2 rings (SSSR count). The fraction of sp³-hybridized carbons (Fsp3) is 0.500. The molecule has 0 aromatic rings. The van der Waals surface area contributed by atoms with Crippen molar-refractivity contribution in [3.05, 3.63) is 23.8 Å². The molecular formula is C14H18N2O2. The van der Waals surface area contributed by atoms with Gasteiger partial charge in [-0.15, -0.1) is 0 Å². The van der Waals surface area contributed by atoms with Gasteiger partial charge in [-0.05, 0) is 25.3 Å². The van der Waals surface area contributed by atoms with E-state index in [-0.39, 0.29) is 0 Å². The maximum atomic E-state index is 10.3. The second-order valence-corrected chi connectivity index (χ2v) is 4.63. The minimum atomic E-state index is -0.694. The smallest absolute Gasteiger partial charge is 0.303 e. The van der Waals surface area contributed by atoms with Crippen LogP contribution in [0.2, 0.25) is 0 Å². The van der Waals surface area contributed by atoms with Gasteiger partial charge in [0.2, 0.25) is 0 Å². The van der Waals surface area contributed by atoms with Crippen molar-refractivity contribution in [1.82, 2.24) is 0 Å². The van der Waals surface area contributed by atoms with E-state index < -0.39 is 5.97 Å². The van der Waals surface area contributed by atoms with Crippen LogP contribution in [-0.4, -0.2) is 22.5 Å². The van der Waals surface area contributed by atoms with E-state index in [4.69, 9.17) is 5.11 Å². The first kappa shape index (κ1) is 12.7. The van der Waals surface area contributed by atoms with Crippen LogP contribution >= 0.6 is 0 Å². The van der Waals surface area contributed by atoms with Gasteiger partial charge in [-0.2, -0.15) is 10.2 Å². The van der Waals surface area contributed by atoms with E-state index in [1.54, 1.807) is 0 Å². The molecule has 1 heterocycles. The van der Waals surface area contributed by atoms with Gasteiger partial charge in [0.25, 0.3) is 0 Å². The lowest BCUT2D eigenvalue weighted by molar-refractivity contribution is -0.137. The number of carboxylic acids is 1. The average Bonchev–Trinajstić information content (AvgIpc) is 2.91. The summed E-state index contributed by atoms with van der Waals surface area (Å²) < 4.78 is 0. The molecule has 0 amide bonds. The molecular weight excluding hydrogens is 228 g/mol. The van der Waals surface area contributed by atoms with Gasteiger partial charge in [0.15, 0.2) is 0 Å². The molecule has 2 aliphatic rings. The molecule has 1 aliphatic heterocycles. The van der Waals surface area contributed by atoms with Gasteiger partial charge in [-0.25, -0.2) is 0 Å². The van der Waals surface area contributed by atoms with Crippen LogP contribution in [0.5, 0.6) is 0 Å². The number of unbranched alkanes of at least 4 members (excludes halogenated alkanes) is 4. The second kappa shape index (κ2) is 6.28. The van der Waals surface area contributed by atoms with E-state index >= 15 is 0 Å². The molecule has 0 bridgehead atoms. The highest BCUT2D eigenvalue weighted by Crippen LogP contribution is 2.20. The molecule has 0 aromatic carbocycles. The first-order chi connectivity index (χ1) is 8.77. The van der Waals surface area contributed by atoms with E-state index in [0.29, 0.717) is 6.42 Å². The lowest BCUT2D eigenvalue weighted by Crippen LogP contribution is -2.03. The van der Waals surface area contributed by atoms with Crippen molar-refractivity contribution in [3.8, 4) is 0 Å². The zero-order valence-electron chi connectivity index (χ0n) is 10.4. The number of fused-ring (bicyclic) bond motifs is 1. The minimum Gasteiger partial charge on any atom is -0.481 e. The van der Waals surface area contributed by atoms with E-state index in [9.17, 15) is 4.79 Å². The van der Waals surface area contributed by atoms with Gasteiger partial charge in [-0.1, -0.05) is 31.4 Å². The summed E-state index contributed by atoms with van der Waals surface area (Å²) in [5.41, 5.74) is 3.27. The third-order valence-corrected chi connectivity index (χ3v) is 3.19. The molecule has 18 heavy (non-hydrogen) atoms. The first-order valence-corrected chi connectivity index (χ1v) is 6.53. The molecule has 0 fully saturated rings. The SMILES string of the molecule is O=C(O)CCCCCCCC1=NN=C2C=CC=C21. The number of hydrogen-bond acceptors (Lipinski definition) is 3. The largest absolute Gasteiger partial charge is 0.481 e. The van der Waals surface area contributed by atoms with Crippen molar-refractivity contribution in [3.63, 3.8) is 0 Å². The minimum absolute atomic E-state index is 0.294. The number of carbonyl (C=O) groups is 1. The predicted octanol–water partition coefficient (Wildman–Crippen LogP) is 3.11. The number of hydrogen-bond donors (Lipinski definition) is 1. The third kappa shape index (κ3) is 3.39. The number of carboxylic acid groups (broad SMARTS) is 1. The maximum absolute atomic E-state index is 10.3. The molecule has 0 aromatic heterocycles. The molecule has 1 aliphatic carbocycles. The topological polar surface area (TPSA) is 62.0 Å². The molecule has 0 radical (unpaired) electrons. The quantitative estimate of drug-likeness (QED) is 0.669. The molecule has 0 saturated heterocycles. The third-order valence-electron chi connectivity index (χ3n) is 3.19. The van der Waals surface area contributed by atoms with Crippen LogP contribution in [0.1, 0.15) is 44.9 Å². The van der Waals surface area contributed by atoms with Crippen molar-refractivity contribution in [1.29, 1.82) is 0 Å². The van der Waals surface area contributed by atoms with Crippen molar-refractivity contribution in [2.24, 2.45) is 10.2 Å². The summed E-state index contributed by atoms with van der Waals surface area (Å²) in [6, 6.07) is 0. The number of nitrogens with zero attached hydrogens (tertiary/aromatic N) is 2. The Labute approximate surface area is 107 Å². The van der Waals surface area contributed by atoms with Crippen molar-refractivity contribution in [2.45, 2.75) is 44.9 Å². The normalized spacial score (nSPS) is 16.3. The highest BCUT2D eigenvalue weighted by atomic mass is 16.4. The summed E-state index contributed by atoms with van der Waals surface area (Å²) in [7, 11) is 0. The Morgan fingerprint density at radius 3 is 2.72 bits per heavy atom. The summed E-state index contributed by atoms with van der Waals surface area (Å²) >= 11 is 0. The molecule has 1 N–H and O–H groups in total. The van der Waals surface area contributed by atoms with E-state index in [2.05, 4.69) is 16.3 Å². The maximum Gasteiger partial charge on any atom is 0.303 e. The standard InChI is InChI=1S/C14H18N2O2/c17-14(18)10-5-3-1-2-4-8-12-11-7-6-9-13(11)16-15-12/h6-7,9H,1-5,8,10H2,(H,17,18). The monoisotopic (exact) mass is 246 g/mol. The fourth-order valence-electron chi connectivity index (χ4n) is 2.19. The van der Waals surface area contributed by atoms with Crippen LogP contribution < -0.4 is 0 Å². The Kier molecular flexibility index (Phi) is 4.45. The number of allylic oxidation sites excluding steroid dienone is 4. The molecule has 4 nitrogen and oxygen atoms in total. The summed E-state index contributed by atoms with van der Waals surface area (Å²) in [5.74, 6) is -0.694. The van der Waals surface area contributed by atoms with Gasteiger partial charge >= 0.3 is 5.97 Å². The highest BCUT2D eigenvalue weighted by molar-refractivity contribution is 6.32. The molecule has 0 unspecified atom stereocenters. The zero-order valence-corrected chi connectivity index (χ0v) is 10.4. The van der Waals surface area contributed by atoms with Crippen LogP contribution in [0, 0.1) is 0 Å². The molecule has 0 saturated carbocycles. The Balaban J connectivity index is 1.54. The summed E-state index contributed by atoms with van der Waals surface area (Å²) in [6.45, 7) is 0. The van der Waals surface area contributed by atoms with Crippen LogP contribution in [-0.2, 0) is 4.79 Å². The van der Waals surface area contributed by atoms with E-state index in [0.717, 1.165) is 49.9 Å². The Bertz CT molecular complexity index is 445. The van der Waals surface area contributed by atoms with Crippen LogP contribution in [0.4, 0.5) is 0 Å². The van der Waals surface area contributed by atoms with Crippen LogP contribution in [0.15, 0.2) is 34.0 Å². The lowest BCUT2D eigenvalue weighted by atomic mass is 10.0. The Morgan fingerprint density at radius 2 is 1.89 bits per heavy atom. The summed E-state index contributed by atoms with van der Waals surface area (Å²) in [4.78, 5) is 10.3. The second-order valence-electron chi connectivity index (χ2n) is 4.63. The van der Waals surface area contributed by atoms with Gasteiger partial charge in [0.05, 0.1) is 11.4 Å². The summed E-state index contributed by atoms with van der Waals surface area (Å²) in [5, 5.41) is 16.8. The molecule has 0 spiro atoms. The summed E-state index contributed by atoms with van der Waals surface area (Å²) in [6.07, 6.45) is 12.5. The van der Waals surface area contributed by atoms with Crippen LogP contribution in [0.25, 0.3) is 0 Å².